The molecular weight excluding hydrogens is 937 g/mol. The highest BCUT2D eigenvalue weighted by atomic mass is 16.6. The van der Waals surface area contributed by atoms with E-state index in [2.05, 4.69) is 142 Å². The largest absolute Gasteiger partial charge is 0.462 e. The Balaban J connectivity index is 4.44. The number of ether oxygens (including phenoxy) is 3. The molecule has 0 aliphatic rings. The zero-order valence-electron chi connectivity index (χ0n) is 49.5. The molecule has 0 fully saturated rings. The van der Waals surface area contributed by atoms with E-state index in [1.807, 2.05) is 0 Å². The van der Waals surface area contributed by atoms with Crippen molar-refractivity contribution in [1.82, 2.24) is 0 Å². The summed E-state index contributed by atoms with van der Waals surface area (Å²) in [5.41, 5.74) is 0. The van der Waals surface area contributed by atoms with E-state index in [0.717, 1.165) is 135 Å². The van der Waals surface area contributed by atoms with Crippen LogP contribution in [0.25, 0.3) is 0 Å². The molecule has 0 amide bonds. The lowest BCUT2D eigenvalue weighted by Gasteiger charge is -2.18. The summed E-state index contributed by atoms with van der Waals surface area (Å²) in [6, 6.07) is 0. The van der Waals surface area contributed by atoms with Gasteiger partial charge in [0.05, 0.1) is 0 Å². The third-order valence-electron chi connectivity index (χ3n) is 13.2. The van der Waals surface area contributed by atoms with E-state index in [-0.39, 0.29) is 31.1 Å². The zero-order valence-corrected chi connectivity index (χ0v) is 49.5. The number of carbonyl (C=O) groups is 3. The molecule has 0 aromatic heterocycles. The van der Waals surface area contributed by atoms with Crippen LogP contribution in [0, 0.1) is 0 Å². The van der Waals surface area contributed by atoms with E-state index in [1.165, 1.54) is 109 Å². The van der Waals surface area contributed by atoms with Crippen LogP contribution in [0.15, 0.2) is 122 Å². The van der Waals surface area contributed by atoms with E-state index in [0.29, 0.717) is 19.3 Å². The molecule has 0 bridgehead atoms. The second-order valence-electron chi connectivity index (χ2n) is 20.6. The number of allylic oxidation sites excluding steroid dienone is 20. The van der Waals surface area contributed by atoms with Crippen molar-refractivity contribution in [3.8, 4) is 0 Å². The topological polar surface area (TPSA) is 78.9 Å². The van der Waals surface area contributed by atoms with Crippen LogP contribution in [0.2, 0.25) is 0 Å². The van der Waals surface area contributed by atoms with Crippen LogP contribution >= 0.6 is 0 Å². The molecule has 76 heavy (non-hydrogen) atoms. The van der Waals surface area contributed by atoms with Crippen molar-refractivity contribution in [2.24, 2.45) is 0 Å². The molecule has 0 heterocycles. The van der Waals surface area contributed by atoms with Gasteiger partial charge in [-0.3, -0.25) is 14.4 Å². The van der Waals surface area contributed by atoms with Crippen molar-refractivity contribution in [2.45, 2.75) is 290 Å². The summed E-state index contributed by atoms with van der Waals surface area (Å²) in [6.45, 7) is 6.48. The Kier molecular flexibility index (Phi) is 59.9. The molecular formula is C70H116O6. The number of rotatable bonds is 56. The van der Waals surface area contributed by atoms with Crippen LogP contribution in [0.4, 0.5) is 0 Å². The highest BCUT2D eigenvalue weighted by molar-refractivity contribution is 5.71. The third kappa shape index (κ3) is 60.7. The van der Waals surface area contributed by atoms with Crippen molar-refractivity contribution in [2.75, 3.05) is 13.2 Å². The molecule has 6 heteroatoms. The van der Waals surface area contributed by atoms with Crippen molar-refractivity contribution >= 4 is 17.9 Å². The minimum absolute atomic E-state index is 0.0948. The number of esters is 3. The molecule has 0 saturated carbocycles. The van der Waals surface area contributed by atoms with Gasteiger partial charge in [-0.05, 0) is 116 Å². The maximum Gasteiger partial charge on any atom is 0.306 e. The average Bonchev–Trinajstić information content (AvgIpc) is 3.42. The van der Waals surface area contributed by atoms with E-state index in [4.69, 9.17) is 14.2 Å². The van der Waals surface area contributed by atoms with Crippen LogP contribution in [0.5, 0.6) is 0 Å². The fraction of sp³-hybridized carbons (Fsp3) is 0.671. The predicted octanol–water partition coefficient (Wildman–Crippen LogP) is 21.6. The van der Waals surface area contributed by atoms with Gasteiger partial charge in [0.25, 0.3) is 0 Å². The molecule has 0 aliphatic heterocycles. The number of carbonyl (C=O) groups excluding carboxylic acids is 3. The average molecular weight is 1050 g/mol. The summed E-state index contributed by atoms with van der Waals surface area (Å²) in [5, 5.41) is 0. The molecule has 0 saturated heterocycles. The maximum absolute atomic E-state index is 12.9. The highest BCUT2D eigenvalue weighted by Crippen LogP contribution is 2.15. The standard InChI is InChI=1S/C70H116O6/c1-4-7-10-13-16-19-22-25-27-29-31-33-34-35-36-38-39-41-43-45-48-51-54-57-60-63-69(72)75-66-67(65-74-68(71)62-59-56-53-50-47-24-21-18-15-12-9-6-3)76-70(73)64-61-58-55-52-49-46-44-42-40-37-32-30-28-26-23-20-17-14-11-8-5-2/h7,10,16,19,23,25-27,30-33,35-36,39-42,45,48,67H,4-6,8-9,11-15,17-18,20-22,24,28-29,34,37-38,43-44,46-47,49-66H2,1-3H3/b10-7-,19-16-,26-23-,27-25-,32-30-,33-31-,36-35-,41-39-,42-40-,48-45-. The van der Waals surface area contributed by atoms with Crippen molar-refractivity contribution < 1.29 is 28.6 Å². The third-order valence-corrected chi connectivity index (χ3v) is 13.2. The molecule has 0 aromatic carbocycles. The minimum atomic E-state index is -0.802. The Bertz CT molecular complexity index is 1590. The summed E-state index contributed by atoms with van der Waals surface area (Å²) < 4.78 is 16.9. The van der Waals surface area contributed by atoms with Gasteiger partial charge in [0.1, 0.15) is 13.2 Å². The molecule has 1 atom stereocenters. The maximum atomic E-state index is 12.9. The van der Waals surface area contributed by atoms with Gasteiger partial charge in [-0.1, -0.05) is 271 Å². The Morgan fingerprint density at radius 1 is 0.276 bits per heavy atom. The molecule has 1 unspecified atom stereocenters. The first-order valence-corrected chi connectivity index (χ1v) is 31.5. The van der Waals surface area contributed by atoms with Crippen molar-refractivity contribution in [3.05, 3.63) is 122 Å². The smallest absolute Gasteiger partial charge is 0.306 e. The van der Waals surface area contributed by atoms with Gasteiger partial charge in [0, 0.05) is 19.3 Å². The fourth-order valence-corrected chi connectivity index (χ4v) is 8.49. The van der Waals surface area contributed by atoms with Crippen molar-refractivity contribution in [3.63, 3.8) is 0 Å². The van der Waals surface area contributed by atoms with Crippen LogP contribution in [0.3, 0.4) is 0 Å². The summed E-state index contributed by atoms with van der Waals surface area (Å²) in [7, 11) is 0. The molecule has 432 valence electrons. The van der Waals surface area contributed by atoms with E-state index >= 15 is 0 Å². The molecule has 6 nitrogen and oxygen atoms in total. The zero-order chi connectivity index (χ0) is 55.0. The highest BCUT2D eigenvalue weighted by Gasteiger charge is 2.19. The van der Waals surface area contributed by atoms with E-state index in [9.17, 15) is 14.4 Å². The predicted molar refractivity (Wildman–Crippen MR) is 330 cm³/mol. The second kappa shape index (κ2) is 63.3. The molecule has 0 spiro atoms. The van der Waals surface area contributed by atoms with Crippen LogP contribution in [-0.2, 0) is 28.6 Å². The summed E-state index contributed by atoms with van der Waals surface area (Å²) in [5.74, 6) is -0.938. The molecule has 0 radical (unpaired) electrons. The lowest BCUT2D eigenvalue weighted by molar-refractivity contribution is -0.167. The monoisotopic (exact) mass is 1050 g/mol. The minimum Gasteiger partial charge on any atom is -0.462 e. The second-order valence-corrected chi connectivity index (χ2v) is 20.6. The fourth-order valence-electron chi connectivity index (χ4n) is 8.49. The van der Waals surface area contributed by atoms with Gasteiger partial charge in [0.2, 0.25) is 0 Å². The summed E-state index contributed by atoms with van der Waals surface area (Å²) in [4.78, 5) is 38.3. The first kappa shape index (κ1) is 71.8. The van der Waals surface area contributed by atoms with Gasteiger partial charge in [-0.15, -0.1) is 0 Å². The first-order chi connectivity index (χ1) is 37.5. The Morgan fingerprint density at radius 2 is 0.513 bits per heavy atom. The lowest BCUT2D eigenvalue weighted by atomic mass is 10.0. The van der Waals surface area contributed by atoms with Gasteiger partial charge in [-0.25, -0.2) is 0 Å². The summed E-state index contributed by atoms with van der Waals surface area (Å²) in [6.07, 6.45) is 87.7. The number of hydrogen-bond acceptors (Lipinski definition) is 6. The number of unbranched alkanes of at least 4 members (excludes halogenated alkanes) is 25. The lowest BCUT2D eigenvalue weighted by Crippen LogP contribution is -2.30. The Labute approximate surface area is 469 Å². The van der Waals surface area contributed by atoms with Crippen LogP contribution in [-0.4, -0.2) is 37.2 Å². The molecule has 0 aromatic rings. The Morgan fingerprint density at radius 3 is 0.816 bits per heavy atom. The van der Waals surface area contributed by atoms with Gasteiger partial charge < -0.3 is 14.2 Å². The molecule has 0 N–H and O–H groups in total. The SMILES string of the molecule is CC/C=C\C/C=C\C/C=C\C/C=C\C/C=C\C/C=C\C/C=C\CCCCCC(=O)OCC(COC(=O)CCCCCCCCCCCCCC)OC(=O)CCCCCCCC/C=C\C/C=C\C/C=C\CCCCCCC. The number of hydrogen-bond donors (Lipinski definition) is 0. The van der Waals surface area contributed by atoms with Crippen molar-refractivity contribution in [1.29, 1.82) is 0 Å². The summed E-state index contributed by atoms with van der Waals surface area (Å²) >= 11 is 0. The molecule has 0 aliphatic carbocycles. The van der Waals surface area contributed by atoms with E-state index < -0.39 is 6.10 Å². The van der Waals surface area contributed by atoms with Gasteiger partial charge >= 0.3 is 17.9 Å². The van der Waals surface area contributed by atoms with Gasteiger partial charge in [-0.2, -0.15) is 0 Å². The first-order valence-electron chi connectivity index (χ1n) is 31.5. The van der Waals surface area contributed by atoms with E-state index in [1.54, 1.807) is 0 Å². The van der Waals surface area contributed by atoms with Gasteiger partial charge in [0.15, 0.2) is 6.10 Å². The quantitative estimate of drug-likeness (QED) is 0.0261. The van der Waals surface area contributed by atoms with Crippen LogP contribution in [0.1, 0.15) is 284 Å². The molecule has 0 rings (SSSR count). The Hall–Kier alpha value is -4.19. The normalized spacial score (nSPS) is 12.9. The van der Waals surface area contributed by atoms with Crippen LogP contribution < -0.4 is 0 Å².